The highest BCUT2D eigenvalue weighted by molar-refractivity contribution is 7.11. The number of halogens is 1. The normalized spacial score (nSPS) is 12.1. The van der Waals surface area contributed by atoms with Crippen LogP contribution in [-0.4, -0.2) is 17.4 Å². The Balaban J connectivity index is 1.85. The Morgan fingerprint density at radius 1 is 1.43 bits per heavy atom. The third-order valence-corrected chi connectivity index (χ3v) is 4.66. The number of hydrogen-bond donors (Lipinski definition) is 2. The second-order valence-corrected chi connectivity index (χ2v) is 6.20. The molecule has 21 heavy (non-hydrogen) atoms. The number of carbonyl (C=O) groups excluding carboxylic acids is 1. The zero-order valence-corrected chi connectivity index (χ0v) is 13.6. The van der Waals surface area contributed by atoms with Crippen molar-refractivity contribution in [2.45, 2.75) is 26.3 Å². The standard InChI is InChI=1S/C15H18ClN3OS/c1-3-11-8-18-15(21-11)10(2)17-9-14(20)19-13-7-5-4-6-12(13)16/h4-8,10,17H,3,9H2,1-2H3,(H,19,20). The number of carbonyl (C=O) groups is 1. The predicted molar refractivity (Wildman–Crippen MR) is 88.0 cm³/mol. The maximum Gasteiger partial charge on any atom is 0.238 e. The van der Waals surface area contributed by atoms with Crippen LogP contribution in [0.1, 0.15) is 29.8 Å². The quantitative estimate of drug-likeness (QED) is 0.853. The van der Waals surface area contributed by atoms with Gasteiger partial charge >= 0.3 is 0 Å². The fourth-order valence-corrected chi connectivity index (χ4v) is 2.84. The molecular weight excluding hydrogens is 306 g/mol. The highest BCUT2D eigenvalue weighted by atomic mass is 35.5. The Morgan fingerprint density at radius 2 is 2.19 bits per heavy atom. The van der Waals surface area contributed by atoms with Gasteiger partial charge in [0.15, 0.2) is 0 Å². The number of hydrogen-bond acceptors (Lipinski definition) is 4. The molecule has 0 radical (unpaired) electrons. The third-order valence-electron chi connectivity index (χ3n) is 3.01. The van der Waals surface area contributed by atoms with E-state index in [0.29, 0.717) is 10.7 Å². The van der Waals surface area contributed by atoms with Crippen molar-refractivity contribution in [1.29, 1.82) is 0 Å². The first-order valence-electron chi connectivity index (χ1n) is 6.82. The molecule has 1 aromatic heterocycles. The van der Waals surface area contributed by atoms with E-state index in [1.54, 1.807) is 23.5 Å². The molecule has 2 rings (SSSR count). The summed E-state index contributed by atoms with van der Waals surface area (Å²) in [5.74, 6) is -0.123. The van der Waals surface area contributed by atoms with Gasteiger partial charge in [-0.15, -0.1) is 11.3 Å². The van der Waals surface area contributed by atoms with Gasteiger partial charge in [0.25, 0.3) is 0 Å². The van der Waals surface area contributed by atoms with Crippen molar-refractivity contribution in [3.63, 3.8) is 0 Å². The smallest absolute Gasteiger partial charge is 0.238 e. The van der Waals surface area contributed by atoms with Crippen LogP contribution in [0.4, 0.5) is 5.69 Å². The number of anilines is 1. The van der Waals surface area contributed by atoms with Gasteiger partial charge in [-0.3, -0.25) is 10.1 Å². The van der Waals surface area contributed by atoms with Crippen molar-refractivity contribution in [1.82, 2.24) is 10.3 Å². The molecule has 1 amide bonds. The topological polar surface area (TPSA) is 54.0 Å². The highest BCUT2D eigenvalue weighted by Crippen LogP contribution is 2.21. The summed E-state index contributed by atoms with van der Waals surface area (Å²) in [7, 11) is 0. The van der Waals surface area contributed by atoms with Crippen molar-refractivity contribution in [2.75, 3.05) is 11.9 Å². The second-order valence-electron chi connectivity index (χ2n) is 4.65. The van der Waals surface area contributed by atoms with Gasteiger partial charge in [0, 0.05) is 11.1 Å². The van der Waals surface area contributed by atoms with E-state index in [9.17, 15) is 4.79 Å². The van der Waals surface area contributed by atoms with E-state index < -0.39 is 0 Å². The van der Waals surface area contributed by atoms with E-state index in [2.05, 4.69) is 22.5 Å². The Bertz CT molecular complexity index is 614. The molecule has 1 atom stereocenters. The maximum atomic E-state index is 11.9. The Hall–Kier alpha value is -1.43. The van der Waals surface area contributed by atoms with Crippen LogP contribution in [0, 0.1) is 0 Å². The van der Waals surface area contributed by atoms with E-state index in [-0.39, 0.29) is 18.5 Å². The summed E-state index contributed by atoms with van der Waals surface area (Å²) in [6.07, 6.45) is 2.87. The van der Waals surface area contributed by atoms with Gasteiger partial charge in [0.2, 0.25) is 5.91 Å². The van der Waals surface area contributed by atoms with E-state index >= 15 is 0 Å². The molecule has 1 unspecified atom stereocenters. The number of aryl methyl sites for hydroxylation is 1. The van der Waals surface area contributed by atoms with Crippen LogP contribution >= 0.6 is 22.9 Å². The van der Waals surface area contributed by atoms with Crippen LogP contribution in [0.3, 0.4) is 0 Å². The van der Waals surface area contributed by atoms with Crippen LogP contribution in [0.25, 0.3) is 0 Å². The van der Waals surface area contributed by atoms with Gasteiger partial charge < -0.3 is 5.32 Å². The Labute approximate surface area is 133 Å². The Kier molecular flexibility index (Phi) is 5.73. The minimum atomic E-state index is -0.123. The average molecular weight is 324 g/mol. The monoisotopic (exact) mass is 323 g/mol. The minimum absolute atomic E-state index is 0.0484. The molecule has 1 aromatic carbocycles. The third kappa shape index (κ3) is 4.52. The predicted octanol–water partition coefficient (Wildman–Crippen LogP) is 3.65. The molecule has 0 saturated carbocycles. The summed E-state index contributed by atoms with van der Waals surface area (Å²) in [4.78, 5) is 17.5. The van der Waals surface area contributed by atoms with E-state index in [4.69, 9.17) is 11.6 Å². The molecule has 0 spiro atoms. The molecule has 1 heterocycles. The van der Waals surface area contributed by atoms with Crippen LogP contribution in [0.5, 0.6) is 0 Å². The van der Waals surface area contributed by atoms with Gasteiger partial charge in [-0.1, -0.05) is 30.7 Å². The van der Waals surface area contributed by atoms with Crippen molar-refractivity contribution in [2.24, 2.45) is 0 Å². The lowest BCUT2D eigenvalue weighted by molar-refractivity contribution is -0.115. The van der Waals surface area contributed by atoms with Gasteiger partial charge in [-0.05, 0) is 25.5 Å². The number of amides is 1. The summed E-state index contributed by atoms with van der Waals surface area (Å²) in [6, 6.07) is 7.23. The number of nitrogens with zero attached hydrogens (tertiary/aromatic N) is 1. The number of thiazole rings is 1. The van der Waals surface area contributed by atoms with Crippen molar-refractivity contribution >= 4 is 34.5 Å². The molecule has 0 aliphatic rings. The second kappa shape index (κ2) is 7.54. The molecule has 2 aromatic rings. The molecule has 2 N–H and O–H groups in total. The first kappa shape index (κ1) is 15.9. The first-order chi connectivity index (χ1) is 10.1. The van der Waals surface area contributed by atoms with Crippen LogP contribution in [0.2, 0.25) is 5.02 Å². The average Bonchev–Trinajstić information content (AvgIpc) is 2.96. The Morgan fingerprint density at radius 3 is 2.86 bits per heavy atom. The number of aromatic nitrogens is 1. The SMILES string of the molecule is CCc1cnc(C(C)NCC(=O)Nc2ccccc2Cl)s1. The minimum Gasteiger partial charge on any atom is -0.324 e. The lowest BCUT2D eigenvalue weighted by atomic mass is 10.3. The molecule has 112 valence electrons. The molecule has 0 fully saturated rings. The fourth-order valence-electron chi connectivity index (χ4n) is 1.78. The summed E-state index contributed by atoms with van der Waals surface area (Å²) in [6.45, 7) is 4.32. The van der Waals surface area contributed by atoms with E-state index in [1.165, 1.54) is 4.88 Å². The molecule has 0 aliphatic heterocycles. The van der Waals surface area contributed by atoms with Crippen molar-refractivity contribution in [3.05, 3.63) is 45.4 Å². The zero-order chi connectivity index (χ0) is 15.2. The number of para-hydroxylation sites is 1. The van der Waals surface area contributed by atoms with Gasteiger partial charge in [-0.2, -0.15) is 0 Å². The summed E-state index contributed by atoms with van der Waals surface area (Å²) < 4.78 is 0. The first-order valence-corrected chi connectivity index (χ1v) is 8.02. The van der Waals surface area contributed by atoms with Gasteiger partial charge in [0.05, 0.1) is 23.3 Å². The summed E-state index contributed by atoms with van der Waals surface area (Å²) in [5, 5.41) is 7.48. The highest BCUT2D eigenvalue weighted by Gasteiger charge is 2.12. The maximum absolute atomic E-state index is 11.9. The van der Waals surface area contributed by atoms with Crippen LogP contribution in [0.15, 0.2) is 30.5 Å². The molecule has 0 saturated heterocycles. The fraction of sp³-hybridized carbons (Fsp3) is 0.333. The van der Waals surface area contributed by atoms with Crippen molar-refractivity contribution in [3.8, 4) is 0 Å². The van der Waals surface area contributed by atoms with Crippen molar-refractivity contribution < 1.29 is 4.79 Å². The van der Waals surface area contributed by atoms with E-state index in [0.717, 1.165) is 11.4 Å². The van der Waals surface area contributed by atoms with Crippen LogP contribution < -0.4 is 10.6 Å². The largest absolute Gasteiger partial charge is 0.324 e. The number of nitrogens with one attached hydrogen (secondary N) is 2. The van der Waals surface area contributed by atoms with Crippen LogP contribution in [-0.2, 0) is 11.2 Å². The number of rotatable bonds is 6. The molecular formula is C15H18ClN3OS. The van der Waals surface area contributed by atoms with Gasteiger partial charge in [0.1, 0.15) is 5.01 Å². The number of benzene rings is 1. The lowest BCUT2D eigenvalue weighted by Gasteiger charge is -2.11. The van der Waals surface area contributed by atoms with Gasteiger partial charge in [-0.25, -0.2) is 4.98 Å². The van der Waals surface area contributed by atoms with E-state index in [1.807, 2.05) is 25.3 Å². The zero-order valence-electron chi connectivity index (χ0n) is 12.0. The molecule has 6 heteroatoms. The summed E-state index contributed by atoms with van der Waals surface area (Å²) >= 11 is 7.67. The molecule has 4 nitrogen and oxygen atoms in total. The molecule has 0 aliphatic carbocycles. The lowest BCUT2D eigenvalue weighted by Crippen LogP contribution is -2.30. The molecule has 0 bridgehead atoms. The summed E-state index contributed by atoms with van der Waals surface area (Å²) in [5.41, 5.74) is 0.626.